The van der Waals surface area contributed by atoms with Crippen LogP contribution in [0.15, 0.2) is 12.2 Å². The summed E-state index contributed by atoms with van der Waals surface area (Å²) in [7, 11) is 4.31. The molecule has 2 aliphatic heterocycles. The number of rotatable bonds is 4. The van der Waals surface area contributed by atoms with Crippen molar-refractivity contribution < 1.29 is 50.9 Å². The highest BCUT2D eigenvalue weighted by molar-refractivity contribution is 5.83. The van der Waals surface area contributed by atoms with Crippen LogP contribution in [0.3, 0.4) is 0 Å². The van der Waals surface area contributed by atoms with Crippen molar-refractivity contribution in [2.45, 2.75) is 69.8 Å². The van der Waals surface area contributed by atoms with Crippen LogP contribution >= 0.6 is 0 Å². The molecule has 2 fully saturated rings. The van der Waals surface area contributed by atoms with E-state index in [1.807, 2.05) is 0 Å². The summed E-state index contributed by atoms with van der Waals surface area (Å²) < 4.78 is 63.5. The van der Waals surface area contributed by atoms with Crippen LogP contribution in [0.2, 0.25) is 0 Å². The van der Waals surface area contributed by atoms with Crippen molar-refractivity contribution in [1.82, 2.24) is 14.7 Å². The van der Waals surface area contributed by atoms with Gasteiger partial charge in [-0.25, -0.2) is 9.59 Å². The minimum absolute atomic E-state index is 0.153. The third-order valence-electron chi connectivity index (χ3n) is 7.14. The second kappa shape index (κ2) is 13.6. The van der Waals surface area contributed by atoms with Crippen molar-refractivity contribution >= 4 is 17.8 Å². The molecule has 0 saturated carbocycles. The topological polar surface area (TPSA) is 101 Å². The summed E-state index contributed by atoms with van der Waals surface area (Å²) in [5, 5.41) is 14.2. The van der Waals surface area contributed by atoms with Crippen molar-refractivity contribution in [2.24, 2.45) is 5.41 Å². The van der Waals surface area contributed by atoms with Crippen LogP contribution in [-0.2, 0) is 14.4 Å². The van der Waals surface area contributed by atoms with Crippen molar-refractivity contribution in [3.05, 3.63) is 12.2 Å². The highest BCUT2D eigenvalue weighted by Gasteiger charge is 2.45. The molecule has 1 spiro atoms. The lowest BCUT2D eigenvalue weighted by Crippen LogP contribution is -2.56. The molecule has 0 aromatic carbocycles. The molecule has 220 valence electrons. The Morgan fingerprint density at radius 1 is 0.868 bits per heavy atom. The average Bonchev–Trinajstić information content (AvgIpc) is 3.19. The number of likely N-dealkylation sites (N-methyl/N-ethyl adjacent to an activating group) is 1. The summed E-state index contributed by atoms with van der Waals surface area (Å²) in [6.07, 6.45) is 2.22. The Kier molecular flexibility index (Phi) is 12.1. The van der Waals surface area contributed by atoms with Gasteiger partial charge >= 0.3 is 24.3 Å². The second-order valence-corrected chi connectivity index (χ2v) is 10.3. The van der Waals surface area contributed by atoms with Crippen molar-refractivity contribution in [1.29, 1.82) is 0 Å². The van der Waals surface area contributed by atoms with Crippen LogP contribution in [0.5, 0.6) is 0 Å². The van der Waals surface area contributed by atoms with Crippen molar-refractivity contribution in [2.75, 3.05) is 46.8 Å². The first-order valence-electron chi connectivity index (χ1n) is 12.3. The van der Waals surface area contributed by atoms with Crippen LogP contribution in [0.1, 0.15) is 51.9 Å². The van der Waals surface area contributed by atoms with E-state index in [-0.39, 0.29) is 5.41 Å². The van der Waals surface area contributed by atoms with Gasteiger partial charge < -0.3 is 20.0 Å². The SMILES string of the molecule is CN(C)CCN1CCCC12CCN(C(=O)C1(C)CC=CCC1)CC2.O=C(O)C(F)(F)F.O=C(O)C(F)(F)F. The van der Waals surface area contributed by atoms with Gasteiger partial charge in [0, 0.05) is 31.7 Å². The number of hydrogen-bond donors (Lipinski definition) is 2. The lowest BCUT2D eigenvalue weighted by Gasteiger charge is -2.47. The molecule has 1 aliphatic carbocycles. The first-order valence-corrected chi connectivity index (χ1v) is 12.3. The average molecular weight is 562 g/mol. The number of carbonyl (C=O) groups excluding carboxylic acids is 1. The fraction of sp³-hybridized carbons (Fsp3) is 0.792. The molecule has 2 saturated heterocycles. The van der Waals surface area contributed by atoms with Gasteiger partial charge in [-0.15, -0.1) is 0 Å². The molecule has 3 rings (SSSR count). The first-order chi connectivity index (χ1) is 17.3. The Hall–Kier alpha value is -2.35. The number of nitrogens with zero attached hydrogens (tertiary/aromatic N) is 3. The van der Waals surface area contributed by atoms with E-state index in [1.54, 1.807) is 0 Å². The number of piperidine rings is 1. The van der Waals surface area contributed by atoms with Gasteiger partial charge in [0.1, 0.15) is 0 Å². The van der Waals surface area contributed by atoms with E-state index in [0.717, 1.165) is 51.7 Å². The highest BCUT2D eigenvalue weighted by Crippen LogP contribution is 2.40. The molecule has 0 radical (unpaired) electrons. The number of likely N-dealkylation sites (tertiary alicyclic amines) is 2. The molecular formula is C24H37F6N3O5. The van der Waals surface area contributed by atoms with Gasteiger partial charge in [-0.2, -0.15) is 26.3 Å². The number of alkyl halides is 6. The zero-order chi connectivity index (χ0) is 29.4. The van der Waals surface area contributed by atoms with E-state index < -0.39 is 24.3 Å². The van der Waals surface area contributed by atoms with Gasteiger partial charge in [0.15, 0.2) is 0 Å². The van der Waals surface area contributed by atoms with Crippen LogP contribution in [-0.4, -0.2) is 107 Å². The highest BCUT2D eigenvalue weighted by atomic mass is 19.4. The fourth-order valence-electron chi connectivity index (χ4n) is 4.90. The lowest BCUT2D eigenvalue weighted by molar-refractivity contribution is -0.193. The normalized spacial score (nSPS) is 23.4. The number of carboxylic acids is 2. The Balaban J connectivity index is 0.000000426. The van der Waals surface area contributed by atoms with Crippen molar-refractivity contribution in [3.8, 4) is 0 Å². The van der Waals surface area contributed by atoms with E-state index in [4.69, 9.17) is 19.8 Å². The Bertz CT molecular complexity index is 814. The zero-order valence-corrected chi connectivity index (χ0v) is 21.9. The predicted octanol–water partition coefficient (Wildman–Crippen LogP) is 4.02. The molecule has 2 N–H and O–H groups in total. The summed E-state index contributed by atoms with van der Waals surface area (Å²) in [5.74, 6) is -5.11. The molecule has 3 aliphatic rings. The maximum atomic E-state index is 13.0. The third-order valence-corrected chi connectivity index (χ3v) is 7.14. The monoisotopic (exact) mass is 561 g/mol. The molecule has 1 unspecified atom stereocenters. The number of carboxylic acid groups (broad SMARTS) is 2. The molecule has 0 aromatic heterocycles. The molecule has 1 amide bonds. The van der Waals surface area contributed by atoms with Crippen LogP contribution in [0.4, 0.5) is 26.3 Å². The minimum atomic E-state index is -5.08. The maximum absolute atomic E-state index is 13.0. The van der Waals surface area contributed by atoms with Gasteiger partial charge in [-0.3, -0.25) is 9.69 Å². The van der Waals surface area contributed by atoms with E-state index in [2.05, 4.69) is 47.9 Å². The van der Waals surface area contributed by atoms with E-state index in [0.29, 0.717) is 11.4 Å². The van der Waals surface area contributed by atoms with Crippen LogP contribution < -0.4 is 0 Å². The smallest absolute Gasteiger partial charge is 0.475 e. The van der Waals surface area contributed by atoms with Crippen molar-refractivity contribution in [3.63, 3.8) is 0 Å². The molecule has 8 nitrogen and oxygen atoms in total. The summed E-state index contributed by atoms with van der Waals surface area (Å²) in [6, 6.07) is 0. The number of aliphatic carboxylic acids is 2. The summed E-state index contributed by atoms with van der Waals surface area (Å²) >= 11 is 0. The van der Waals surface area contributed by atoms with Crippen LogP contribution in [0.25, 0.3) is 0 Å². The van der Waals surface area contributed by atoms with E-state index >= 15 is 0 Å². The van der Waals surface area contributed by atoms with E-state index in [1.165, 1.54) is 25.9 Å². The molecule has 1 atom stereocenters. The van der Waals surface area contributed by atoms with Gasteiger partial charge in [-0.05, 0) is 65.6 Å². The molecule has 0 bridgehead atoms. The largest absolute Gasteiger partial charge is 0.490 e. The predicted molar refractivity (Wildman–Crippen MR) is 126 cm³/mol. The van der Waals surface area contributed by atoms with Gasteiger partial charge in [0.05, 0.1) is 5.41 Å². The summed E-state index contributed by atoms with van der Waals surface area (Å²) in [5.41, 5.74) is 0.222. The third kappa shape index (κ3) is 10.1. The molecular weight excluding hydrogens is 524 g/mol. The van der Waals surface area contributed by atoms with Gasteiger partial charge in [0.2, 0.25) is 5.91 Å². The standard InChI is InChI=1S/C20H35N3O.2C2HF3O2/c1-19(8-5-4-6-9-19)18(24)22-14-11-20(12-15-22)10-7-13-23(20)17-16-21(2)3;2*3-2(4,5)1(6)7/h4-5H,6-17H2,1-3H3;2*(H,6,7). The van der Waals surface area contributed by atoms with Gasteiger partial charge in [-0.1, -0.05) is 19.1 Å². The number of halogens is 6. The number of allylic oxidation sites excluding steroid dienone is 2. The fourth-order valence-corrected chi connectivity index (χ4v) is 4.90. The Labute approximate surface area is 218 Å². The minimum Gasteiger partial charge on any atom is -0.475 e. The first kappa shape index (κ1) is 33.7. The maximum Gasteiger partial charge on any atom is 0.490 e. The lowest BCUT2D eigenvalue weighted by atomic mass is 9.76. The summed E-state index contributed by atoms with van der Waals surface area (Å²) in [6.45, 7) is 7.62. The number of carbonyl (C=O) groups is 3. The molecule has 38 heavy (non-hydrogen) atoms. The Morgan fingerprint density at radius 2 is 1.37 bits per heavy atom. The number of amides is 1. The molecule has 2 heterocycles. The van der Waals surface area contributed by atoms with Crippen LogP contribution in [0, 0.1) is 5.41 Å². The van der Waals surface area contributed by atoms with E-state index in [9.17, 15) is 31.1 Å². The molecule has 14 heteroatoms. The van der Waals surface area contributed by atoms with Gasteiger partial charge in [0.25, 0.3) is 0 Å². The summed E-state index contributed by atoms with van der Waals surface area (Å²) in [4.78, 5) is 38.0. The Morgan fingerprint density at radius 3 is 1.76 bits per heavy atom. The second-order valence-electron chi connectivity index (χ2n) is 10.3. The quantitative estimate of drug-likeness (QED) is 0.395. The number of hydrogen-bond acceptors (Lipinski definition) is 5. The zero-order valence-electron chi connectivity index (χ0n) is 21.9. The molecule has 0 aromatic rings.